The first kappa shape index (κ1) is 13.9. The lowest BCUT2D eigenvalue weighted by molar-refractivity contribution is -0.121. The largest absolute Gasteiger partial charge is 0.300 e. The summed E-state index contributed by atoms with van der Waals surface area (Å²) in [6, 6.07) is 0. The molecule has 0 radical (unpaired) electrons. The van der Waals surface area contributed by atoms with Crippen LogP contribution in [0.15, 0.2) is 6.20 Å². The van der Waals surface area contributed by atoms with Crippen LogP contribution in [0.1, 0.15) is 51.6 Å². The molecule has 0 amide bonds. The zero-order valence-corrected chi connectivity index (χ0v) is 11.1. The van der Waals surface area contributed by atoms with Gasteiger partial charge in [0.25, 0.3) is 0 Å². The number of ketones is 1. The van der Waals surface area contributed by atoms with Gasteiger partial charge in [-0.15, -0.1) is 5.10 Å². The van der Waals surface area contributed by atoms with Gasteiger partial charge >= 0.3 is 0 Å². The molecular formula is C13H23N3O. The van der Waals surface area contributed by atoms with Gasteiger partial charge in [-0.2, -0.15) is 0 Å². The Morgan fingerprint density at radius 1 is 1.41 bits per heavy atom. The monoisotopic (exact) mass is 237 g/mol. The van der Waals surface area contributed by atoms with Gasteiger partial charge in [-0.3, -0.25) is 9.48 Å². The van der Waals surface area contributed by atoms with E-state index in [1.165, 1.54) is 12.8 Å². The van der Waals surface area contributed by atoms with Crippen LogP contribution in [0.25, 0.3) is 0 Å². The molecule has 0 saturated carbocycles. The van der Waals surface area contributed by atoms with E-state index in [9.17, 15) is 4.79 Å². The molecule has 0 aliphatic carbocycles. The van der Waals surface area contributed by atoms with Crippen molar-refractivity contribution in [2.75, 3.05) is 0 Å². The SMILES string of the molecule is CCCCCC(CCc1cn(C)nn1)C(C)=O. The van der Waals surface area contributed by atoms with Crippen molar-refractivity contribution in [3.8, 4) is 0 Å². The number of carbonyl (C=O) groups is 1. The Hall–Kier alpha value is -1.19. The Bertz CT molecular complexity index is 346. The summed E-state index contributed by atoms with van der Waals surface area (Å²) < 4.78 is 1.70. The molecule has 0 saturated heterocycles. The minimum absolute atomic E-state index is 0.198. The Labute approximate surface area is 103 Å². The van der Waals surface area contributed by atoms with Gasteiger partial charge in [0.05, 0.1) is 5.69 Å². The van der Waals surface area contributed by atoms with E-state index in [-0.39, 0.29) is 5.92 Å². The quantitative estimate of drug-likeness (QED) is 0.653. The summed E-state index contributed by atoms with van der Waals surface area (Å²) in [5.74, 6) is 0.508. The van der Waals surface area contributed by atoms with Crippen LogP contribution < -0.4 is 0 Å². The summed E-state index contributed by atoms with van der Waals surface area (Å²) in [6.07, 6.45) is 8.26. The molecule has 1 aromatic heterocycles. The molecule has 0 spiro atoms. The fraction of sp³-hybridized carbons (Fsp3) is 0.769. The van der Waals surface area contributed by atoms with Crippen LogP contribution in [0.3, 0.4) is 0 Å². The Morgan fingerprint density at radius 3 is 2.71 bits per heavy atom. The lowest BCUT2D eigenvalue weighted by Crippen LogP contribution is -2.12. The van der Waals surface area contributed by atoms with Gasteiger partial charge in [-0.25, -0.2) is 0 Å². The third kappa shape index (κ3) is 5.11. The first-order chi connectivity index (χ1) is 8.13. The van der Waals surface area contributed by atoms with Crippen molar-refractivity contribution in [1.82, 2.24) is 15.0 Å². The second kappa shape index (κ2) is 7.20. The molecule has 4 nitrogen and oxygen atoms in total. The number of hydrogen-bond acceptors (Lipinski definition) is 3. The molecule has 0 fully saturated rings. The number of nitrogens with zero attached hydrogens (tertiary/aromatic N) is 3. The molecule has 0 bridgehead atoms. The summed E-state index contributed by atoms with van der Waals surface area (Å²) in [5.41, 5.74) is 0.981. The van der Waals surface area contributed by atoms with Gasteiger partial charge in [0.15, 0.2) is 0 Å². The Kier molecular flexibility index (Phi) is 5.87. The van der Waals surface area contributed by atoms with Crippen molar-refractivity contribution < 1.29 is 4.79 Å². The average molecular weight is 237 g/mol. The topological polar surface area (TPSA) is 47.8 Å². The zero-order valence-electron chi connectivity index (χ0n) is 11.1. The highest BCUT2D eigenvalue weighted by Gasteiger charge is 2.14. The Morgan fingerprint density at radius 2 is 2.18 bits per heavy atom. The number of rotatable bonds is 8. The Balaban J connectivity index is 2.36. The van der Waals surface area contributed by atoms with Crippen molar-refractivity contribution in [1.29, 1.82) is 0 Å². The third-order valence-electron chi connectivity index (χ3n) is 3.13. The molecule has 1 unspecified atom stereocenters. The maximum absolute atomic E-state index is 11.5. The zero-order chi connectivity index (χ0) is 12.7. The molecule has 0 aromatic carbocycles. The number of hydrogen-bond donors (Lipinski definition) is 0. The second-order valence-electron chi connectivity index (χ2n) is 4.73. The highest BCUT2D eigenvalue weighted by atomic mass is 16.1. The third-order valence-corrected chi connectivity index (χ3v) is 3.13. The van der Waals surface area contributed by atoms with Crippen molar-refractivity contribution in [2.45, 2.75) is 52.4 Å². The number of unbranched alkanes of at least 4 members (excludes halogenated alkanes) is 2. The fourth-order valence-corrected chi connectivity index (χ4v) is 2.02. The molecule has 96 valence electrons. The van der Waals surface area contributed by atoms with Gasteiger partial charge in [-0.1, -0.05) is 31.4 Å². The maximum atomic E-state index is 11.5. The van der Waals surface area contributed by atoms with Crippen LogP contribution in [0.2, 0.25) is 0 Å². The summed E-state index contributed by atoms with van der Waals surface area (Å²) in [4.78, 5) is 11.5. The van der Waals surface area contributed by atoms with E-state index in [0.717, 1.165) is 31.4 Å². The first-order valence-electron chi connectivity index (χ1n) is 6.49. The number of aryl methyl sites for hydroxylation is 2. The van der Waals surface area contributed by atoms with Gasteiger partial charge in [0.1, 0.15) is 5.78 Å². The van der Waals surface area contributed by atoms with E-state index >= 15 is 0 Å². The van der Waals surface area contributed by atoms with Crippen molar-refractivity contribution >= 4 is 5.78 Å². The van der Waals surface area contributed by atoms with E-state index in [2.05, 4.69) is 17.2 Å². The van der Waals surface area contributed by atoms with E-state index in [1.807, 2.05) is 13.2 Å². The molecule has 1 rings (SSSR count). The summed E-state index contributed by atoms with van der Waals surface area (Å²) in [5, 5.41) is 7.94. The maximum Gasteiger partial charge on any atom is 0.132 e. The van der Waals surface area contributed by atoms with Gasteiger partial charge in [-0.05, 0) is 26.2 Å². The molecule has 1 heterocycles. The molecule has 4 heteroatoms. The van der Waals surface area contributed by atoms with Crippen molar-refractivity contribution in [3.63, 3.8) is 0 Å². The van der Waals surface area contributed by atoms with E-state index < -0.39 is 0 Å². The van der Waals surface area contributed by atoms with E-state index in [0.29, 0.717) is 5.78 Å². The molecule has 17 heavy (non-hydrogen) atoms. The number of Topliss-reactive ketones (excluding diaryl/α,β-unsaturated/α-hetero) is 1. The smallest absolute Gasteiger partial charge is 0.132 e. The van der Waals surface area contributed by atoms with Gasteiger partial charge < -0.3 is 0 Å². The minimum Gasteiger partial charge on any atom is -0.300 e. The lowest BCUT2D eigenvalue weighted by atomic mass is 9.92. The molecule has 0 aliphatic heterocycles. The molecule has 0 aliphatic rings. The standard InChI is InChI=1S/C13H23N3O/c1-4-5-6-7-12(11(2)17)8-9-13-10-16(3)15-14-13/h10,12H,4-9H2,1-3H3. The highest BCUT2D eigenvalue weighted by molar-refractivity contribution is 5.78. The van der Waals surface area contributed by atoms with Crippen LogP contribution in [-0.2, 0) is 18.3 Å². The highest BCUT2D eigenvalue weighted by Crippen LogP contribution is 2.17. The predicted octanol–water partition coefficient (Wildman–Crippen LogP) is 2.53. The van der Waals surface area contributed by atoms with Crippen LogP contribution in [0, 0.1) is 5.92 Å². The minimum atomic E-state index is 0.198. The van der Waals surface area contributed by atoms with Crippen LogP contribution >= 0.6 is 0 Å². The number of carbonyl (C=O) groups excluding carboxylic acids is 1. The van der Waals surface area contributed by atoms with Gasteiger partial charge in [0.2, 0.25) is 0 Å². The van der Waals surface area contributed by atoms with Crippen molar-refractivity contribution in [2.24, 2.45) is 13.0 Å². The lowest BCUT2D eigenvalue weighted by Gasteiger charge is -2.12. The molecule has 1 aromatic rings. The molecule has 0 N–H and O–H groups in total. The molecule has 1 atom stereocenters. The summed E-state index contributed by atoms with van der Waals surface area (Å²) in [7, 11) is 1.86. The van der Waals surface area contributed by atoms with Crippen LogP contribution in [-0.4, -0.2) is 20.8 Å². The van der Waals surface area contributed by atoms with E-state index in [1.54, 1.807) is 11.6 Å². The van der Waals surface area contributed by atoms with E-state index in [4.69, 9.17) is 0 Å². The van der Waals surface area contributed by atoms with Gasteiger partial charge in [0, 0.05) is 19.2 Å². The first-order valence-corrected chi connectivity index (χ1v) is 6.49. The van der Waals surface area contributed by atoms with Crippen LogP contribution in [0.4, 0.5) is 0 Å². The normalized spacial score (nSPS) is 12.6. The number of aromatic nitrogens is 3. The summed E-state index contributed by atoms with van der Waals surface area (Å²) >= 11 is 0. The van der Waals surface area contributed by atoms with Crippen molar-refractivity contribution in [3.05, 3.63) is 11.9 Å². The average Bonchev–Trinajstić information content (AvgIpc) is 2.69. The van der Waals surface area contributed by atoms with Crippen LogP contribution in [0.5, 0.6) is 0 Å². The second-order valence-corrected chi connectivity index (χ2v) is 4.73. The predicted molar refractivity (Wildman–Crippen MR) is 67.6 cm³/mol. The summed E-state index contributed by atoms with van der Waals surface area (Å²) in [6.45, 7) is 3.88. The fourth-order valence-electron chi connectivity index (χ4n) is 2.02. The molecular weight excluding hydrogens is 214 g/mol.